The average Bonchev–Trinajstić information content (AvgIpc) is 2.90. The van der Waals surface area contributed by atoms with Crippen molar-refractivity contribution in [3.05, 3.63) is 33.4 Å². The Bertz CT molecular complexity index is 522. The van der Waals surface area contributed by atoms with E-state index in [-0.39, 0.29) is 17.2 Å². The van der Waals surface area contributed by atoms with Crippen molar-refractivity contribution in [2.24, 2.45) is 5.73 Å². The van der Waals surface area contributed by atoms with Gasteiger partial charge in [0.2, 0.25) is 5.91 Å². The molecule has 1 aromatic rings. The number of nitrogens with one attached hydrogen (secondary N) is 1. The standard InChI is InChI=1S/C13H17N3O3/c1-15-11-6-9(8-4-2-3-5-8)10(13(14)17)7-12(11)16(18)19/h6-8,15H,2-5H2,1H3,(H2,14,17). The molecule has 1 saturated carbocycles. The minimum Gasteiger partial charge on any atom is -0.383 e. The number of nitro groups is 1. The van der Waals surface area contributed by atoms with E-state index in [0.717, 1.165) is 31.2 Å². The SMILES string of the molecule is CNc1cc(C2CCCC2)c(C(N)=O)cc1[N+](=O)[O-]. The first-order chi connectivity index (χ1) is 9.04. The van der Waals surface area contributed by atoms with E-state index < -0.39 is 10.8 Å². The van der Waals surface area contributed by atoms with Crippen LogP contribution in [0.5, 0.6) is 0 Å². The van der Waals surface area contributed by atoms with Crippen LogP contribution in [0.3, 0.4) is 0 Å². The molecule has 102 valence electrons. The first kappa shape index (κ1) is 13.3. The fourth-order valence-corrected chi connectivity index (χ4v) is 2.74. The summed E-state index contributed by atoms with van der Waals surface area (Å²) in [6.45, 7) is 0. The lowest BCUT2D eigenvalue weighted by molar-refractivity contribution is -0.384. The summed E-state index contributed by atoms with van der Waals surface area (Å²) in [6, 6.07) is 3.00. The molecule has 0 aliphatic heterocycles. The van der Waals surface area contributed by atoms with Gasteiger partial charge in [0.05, 0.1) is 4.92 Å². The number of amides is 1. The van der Waals surface area contributed by atoms with E-state index in [9.17, 15) is 14.9 Å². The molecule has 0 saturated heterocycles. The van der Waals surface area contributed by atoms with Gasteiger partial charge in [-0.25, -0.2) is 0 Å². The number of benzene rings is 1. The number of nitrogens with two attached hydrogens (primary N) is 1. The van der Waals surface area contributed by atoms with Crippen molar-refractivity contribution >= 4 is 17.3 Å². The Balaban J connectivity index is 2.57. The lowest BCUT2D eigenvalue weighted by Gasteiger charge is -2.15. The van der Waals surface area contributed by atoms with Crippen LogP contribution in [0.15, 0.2) is 12.1 Å². The van der Waals surface area contributed by atoms with Gasteiger partial charge in [-0.05, 0) is 30.4 Å². The maximum absolute atomic E-state index is 11.5. The van der Waals surface area contributed by atoms with Gasteiger partial charge in [-0.3, -0.25) is 14.9 Å². The predicted octanol–water partition coefficient (Wildman–Crippen LogP) is 2.39. The summed E-state index contributed by atoms with van der Waals surface area (Å²) in [5.41, 5.74) is 6.78. The third-order valence-electron chi connectivity index (χ3n) is 3.69. The number of hydrogen-bond acceptors (Lipinski definition) is 4. The van der Waals surface area contributed by atoms with E-state index in [4.69, 9.17) is 5.73 Å². The summed E-state index contributed by atoms with van der Waals surface area (Å²) in [6.07, 6.45) is 4.24. The zero-order chi connectivity index (χ0) is 14.0. The quantitative estimate of drug-likeness (QED) is 0.643. The van der Waals surface area contributed by atoms with Crippen molar-refractivity contribution in [1.82, 2.24) is 0 Å². The smallest absolute Gasteiger partial charge is 0.293 e. The molecule has 1 aliphatic rings. The molecule has 0 bridgehead atoms. The van der Waals surface area contributed by atoms with E-state index in [2.05, 4.69) is 5.32 Å². The lowest BCUT2D eigenvalue weighted by Crippen LogP contribution is -2.16. The number of primary amides is 1. The van der Waals surface area contributed by atoms with Crippen molar-refractivity contribution in [2.75, 3.05) is 12.4 Å². The molecule has 0 heterocycles. The Morgan fingerprint density at radius 3 is 2.53 bits per heavy atom. The van der Waals surface area contributed by atoms with Crippen LogP contribution in [0.25, 0.3) is 0 Å². The van der Waals surface area contributed by atoms with Crippen molar-refractivity contribution in [1.29, 1.82) is 0 Å². The highest BCUT2D eigenvalue weighted by Gasteiger charge is 2.26. The van der Waals surface area contributed by atoms with Crippen molar-refractivity contribution in [3.63, 3.8) is 0 Å². The average molecular weight is 263 g/mol. The number of nitro benzene ring substituents is 1. The summed E-state index contributed by atoms with van der Waals surface area (Å²) in [5, 5.41) is 13.8. The number of anilines is 1. The summed E-state index contributed by atoms with van der Waals surface area (Å²) >= 11 is 0. The van der Waals surface area contributed by atoms with Crippen molar-refractivity contribution < 1.29 is 9.72 Å². The first-order valence-electron chi connectivity index (χ1n) is 6.34. The molecule has 0 radical (unpaired) electrons. The summed E-state index contributed by atoms with van der Waals surface area (Å²) in [7, 11) is 1.63. The second kappa shape index (κ2) is 5.26. The van der Waals surface area contributed by atoms with Gasteiger partial charge in [0.1, 0.15) is 5.69 Å². The molecule has 0 aromatic heterocycles. The van der Waals surface area contributed by atoms with Gasteiger partial charge in [-0.2, -0.15) is 0 Å². The van der Waals surface area contributed by atoms with E-state index >= 15 is 0 Å². The van der Waals surface area contributed by atoms with Gasteiger partial charge in [0, 0.05) is 18.7 Å². The highest BCUT2D eigenvalue weighted by atomic mass is 16.6. The molecule has 1 aromatic carbocycles. The zero-order valence-electron chi connectivity index (χ0n) is 10.8. The van der Waals surface area contributed by atoms with E-state index in [1.807, 2.05) is 0 Å². The third kappa shape index (κ3) is 2.52. The second-order valence-corrected chi connectivity index (χ2v) is 4.81. The van der Waals surface area contributed by atoms with E-state index in [0.29, 0.717) is 5.69 Å². The molecular formula is C13H17N3O3. The summed E-state index contributed by atoms with van der Waals surface area (Å²) in [5.74, 6) is -0.331. The fraction of sp³-hybridized carbons (Fsp3) is 0.462. The number of rotatable bonds is 4. The number of hydrogen-bond donors (Lipinski definition) is 2. The zero-order valence-corrected chi connectivity index (χ0v) is 10.8. The highest BCUT2D eigenvalue weighted by molar-refractivity contribution is 5.96. The minimum atomic E-state index is -0.604. The van der Waals surface area contributed by atoms with Crippen LogP contribution in [0.2, 0.25) is 0 Å². The fourth-order valence-electron chi connectivity index (χ4n) is 2.74. The normalized spacial score (nSPS) is 15.4. The van der Waals surface area contributed by atoms with Gasteiger partial charge in [-0.1, -0.05) is 12.8 Å². The van der Waals surface area contributed by atoms with Gasteiger partial charge < -0.3 is 11.1 Å². The van der Waals surface area contributed by atoms with Gasteiger partial charge >= 0.3 is 0 Å². The van der Waals surface area contributed by atoms with E-state index in [1.165, 1.54) is 6.07 Å². The van der Waals surface area contributed by atoms with E-state index in [1.54, 1.807) is 13.1 Å². The maximum Gasteiger partial charge on any atom is 0.293 e. The predicted molar refractivity (Wildman–Crippen MR) is 72.4 cm³/mol. The molecule has 0 unspecified atom stereocenters. The Morgan fingerprint density at radius 1 is 1.42 bits per heavy atom. The molecule has 1 fully saturated rings. The maximum atomic E-state index is 11.5. The highest BCUT2D eigenvalue weighted by Crippen LogP contribution is 2.39. The molecule has 0 atom stereocenters. The van der Waals surface area contributed by atoms with Crippen LogP contribution in [-0.2, 0) is 0 Å². The number of carbonyl (C=O) groups excluding carboxylic acids is 1. The largest absolute Gasteiger partial charge is 0.383 e. The summed E-state index contributed by atoms with van der Waals surface area (Å²) in [4.78, 5) is 22.0. The Labute approximate surface area is 111 Å². The van der Waals surface area contributed by atoms with Crippen LogP contribution < -0.4 is 11.1 Å². The molecular weight excluding hydrogens is 246 g/mol. The Hall–Kier alpha value is -2.11. The molecule has 0 spiro atoms. The van der Waals surface area contributed by atoms with Crippen molar-refractivity contribution in [2.45, 2.75) is 31.6 Å². The molecule has 6 heteroatoms. The minimum absolute atomic E-state index is 0.113. The molecule has 6 nitrogen and oxygen atoms in total. The van der Waals surface area contributed by atoms with Gasteiger partial charge in [0.15, 0.2) is 0 Å². The Kier molecular flexibility index (Phi) is 3.69. The first-order valence-corrected chi connectivity index (χ1v) is 6.34. The lowest BCUT2D eigenvalue weighted by atomic mass is 9.91. The topological polar surface area (TPSA) is 98.3 Å². The molecule has 2 rings (SSSR count). The van der Waals surface area contributed by atoms with Gasteiger partial charge in [0.25, 0.3) is 5.69 Å². The number of carbonyl (C=O) groups is 1. The van der Waals surface area contributed by atoms with Crippen LogP contribution in [-0.4, -0.2) is 17.9 Å². The molecule has 19 heavy (non-hydrogen) atoms. The van der Waals surface area contributed by atoms with Crippen molar-refractivity contribution in [3.8, 4) is 0 Å². The second-order valence-electron chi connectivity index (χ2n) is 4.81. The van der Waals surface area contributed by atoms with Crippen LogP contribution in [0.1, 0.15) is 47.5 Å². The molecule has 1 aliphatic carbocycles. The van der Waals surface area contributed by atoms with Crippen LogP contribution in [0.4, 0.5) is 11.4 Å². The van der Waals surface area contributed by atoms with Crippen LogP contribution in [0, 0.1) is 10.1 Å². The molecule has 3 N–H and O–H groups in total. The number of nitrogens with zero attached hydrogens (tertiary/aromatic N) is 1. The third-order valence-corrected chi connectivity index (χ3v) is 3.69. The monoisotopic (exact) mass is 263 g/mol. The molecule has 1 amide bonds. The van der Waals surface area contributed by atoms with Gasteiger partial charge in [-0.15, -0.1) is 0 Å². The summed E-state index contributed by atoms with van der Waals surface area (Å²) < 4.78 is 0. The Morgan fingerprint density at radius 2 is 2.05 bits per heavy atom. The van der Waals surface area contributed by atoms with Crippen LogP contribution >= 0.6 is 0 Å².